The quantitative estimate of drug-likeness (QED) is 0.126. The first-order valence-electron chi connectivity index (χ1n) is 12.7. The third-order valence-electron chi connectivity index (χ3n) is 6.25. The van der Waals surface area contributed by atoms with Crippen LogP contribution in [0.1, 0.15) is 66.7 Å². The molecular formula is C30H34O7. The van der Waals surface area contributed by atoms with Crippen molar-refractivity contribution in [3.8, 4) is 0 Å². The number of unbranched alkanes of at least 4 members (excludes halogenated alkanes) is 1. The molecule has 7 heteroatoms. The van der Waals surface area contributed by atoms with Crippen LogP contribution in [-0.4, -0.2) is 42.5 Å². The van der Waals surface area contributed by atoms with E-state index in [0.29, 0.717) is 36.8 Å². The Morgan fingerprint density at radius 1 is 0.865 bits per heavy atom. The summed E-state index contributed by atoms with van der Waals surface area (Å²) >= 11 is 0. The van der Waals surface area contributed by atoms with Crippen LogP contribution in [0.15, 0.2) is 72.8 Å². The first-order valence-corrected chi connectivity index (χ1v) is 12.7. The van der Waals surface area contributed by atoms with Gasteiger partial charge in [0.25, 0.3) is 0 Å². The Hall–Kier alpha value is -3.74. The molecule has 1 saturated carbocycles. The van der Waals surface area contributed by atoms with E-state index in [4.69, 9.17) is 14.2 Å². The summed E-state index contributed by atoms with van der Waals surface area (Å²) in [6, 6.07) is 17.2. The van der Waals surface area contributed by atoms with E-state index in [-0.39, 0.29) is 24.4 Å². The topological polar surface area (TPSA) is 96.0 Å². The second kappa shape index (κ2) is 14.1. The van der Waals surface area contributed by atoms with Gasteiger partial charge in [-0.1, -0.05) is 48.6 Å². The fourth-order valence-electron chi connectivity index (χ4n) is 4.46. The van der Waals surface area contributed by atoms with E-state index >= 15 is 0 Å². The van der Waals surface area contributed by atoms with Gasteiger partial charge in [0.15, 0.2) is 0 Å². The van der Waals surface area contributed by atoms with Gasteiger partial charge >= 0.3 is 17.9 Å². The Labute approximate surface area is 217 Å². The molecule has 0 aliphatic heterocycles. The standard InChI is InChI=1S/C30H34O7/c1-21(2)35-28(32)18-12-4-3-11-17-24-25(20-31)27(37-30(34)23-15-9-6-10-16-23)19-26(24)36-29(33)22-13-7-5-8-14-22/h3,5-11,13-16,20-21,24-27H,4,12,17-19H2,1-2H3/b11-3-/t24-,25-,26+,27-/m1/s1. The van der Waals surface area contributed by atoms with Crippen LogP contribution >= 0.6 is 0 Å². The minimum Gasteiger partial charge on any atom is -0.463 e. The Bertz CT molecular complexity index is 1060. The van der Waals surface area contributed by atoms with Gasteiger partial charge in [-0.25, -0.2) is 9.59 Å². The molecule has 196 valence electrons. The van der Waals surface area contributed by atoms with Gasteiger partial charge in [0.1, 0.15) is 18.5 Å². The van der Waals surface area contributed by atoms with Gasteiger partial charge in [0.05, 0.1) is 23.1 Å². The number of hydrogen-bond acceptors (Lipinski definition) is 7. The number of aldehydes is 1. The number of ether oxygens (including phenoxy) is 3. The van der Waals surface area contributed by atoms with Crippen molar-refractivity contribution >= 4 is 24.2 Å². The predicted octanol–water partition coefficient (Wildman–Crippen LogP) is 5.34. The van der Waals surface area contributed by atoms with Gasteiger partial charge < -0.3 is 19.0 Å². The molecule has 2 aromatic rings. The molecule has 3 rings (SSSR count). The molecule has 2 aromatic carbocycles. The maximum atomic E-state index is 12.8. The fraction of sp³-hybridized carbons (Fsp3) is 0.400. The SMILES string of the molecule is CC(C)OC(=O)CCC/C=C\C[C@@H]1[C@@H](C=O)[C@H](OC(=O)c2ccccc2)C[C@@H]1OC(=O)c1ccccc1. The van der Waals surface area contributed by atoms with Gasteiger partial charge in [-0.3, -0.25) is 4.79 Å². The molecule has 7 nitrogen and oxygen atoms in total. The van der Waals surface area contributed by atoms with Crippen molar-refractivity contribution in [2.24, 2.45) is 11.8 Å². The average Bonchev–Trinajstić information content (AvgIpc) is 3.21. The highest BCUT2D eigenvalue weighted by molar-refractivity contribution is 5.90. The lowest BCUT2D eigenvalue weighted by atomic mass is 9.91. The van der Waals surface area contributed by atoms with E-state index in [2.05, 4.69) is 0 Å². The van der Waals surface area contributed by atoms with Crippen LogP contribution in [0.5, 0.6) is 0 Å². The number of benzene rings is 2. The van der Waals surface area contributed by atoms with Crippen LogP contribution in [0.2, 0.25) is 0 Å². The number of carbonyl (C=O) groups is 4. The maximum Gasteiger partial charge on any atom is 0.338 e. The number of rotatable bonds is 12. The number of hydrogen-bond donors (Lipinski definition) is 0. The largest absolute Gasteiger partial charge is 0.463 e. The summed E-state index contributed by atoms with van der Waals surface area (Å²) in [5.41, 5.74) is 0.807. The molecule has 0 N–H and O–H groups in total. The first-order chi connectivity index (χ1) is 17.9. The zero-order valence-corrected chi connectivity index (χ0v) is 21.3. The van der Waals surface area contributed by atoms with Crippen molar-refractivity contribution in [2.75, 3.05) is 0 Å². The van der Waals surface area contributed by atoms with Crippen molar-refractivity contribution in [3.63, 3.8) is 0 Å². The summed E-state index contributed by atoms with van der Waals surface area (Å²) in [4.78, 5) is 49.3. The zero-order chi connectivity index (χ0) is 26.6. The van der Waals surface area contributed by atoms with Crippen molar-refractivity contribution < 1.29 is 33.4 Å². The predicted molar refractivity (Wildman–Crippen MR) is 138 cm³/mol. The van der Waals surface area contributed by atoms with E-state index in [1.807, 2.05) is 32.1 Å². The van der Waals surface area contributed by atoms with Gasteiger partial charge in [0, 0.05) is 18.8 Å². The summed E-state index contributed by atoms with van der Waals surface area (Å²) in [6.45, 7) is 3.63. The van der Waals surface area contributed by atoms with Crippen molar-refractivity contribution in [1.82, 2.24) is 0 Å². The summed E-state index contributed by atoms with van der Waals surface area (Å²) in [5, 5.41) is 0. The van der Waals surface area contributed by atoms with Gasteiger partial charge in [-0.15, -0.1) is 0 Å². The summed E-state index contributed by atoms with van der Waals surface area (Å²) in [6.07, 6.45) is 5.59. The smallest absolute Gasteiger partial charge is 0.338 e. The number of esters is 3. The Morgan fingerprint density at radius 3 is 1.97 bits per heavy atom. The molecule has 0 amide bonds. The third-order valence-corrected chi connectivity index (χ3v) is 6.25. The number of carbonyl (C=O) groups excluding carboxylic acids is 4. The van der Waals surface area contributed by atoms with Crippen LogP contribution in [-0.2, 0) is 23.8 Å². The Balaban J connectivity index is 1.66. The normalized spacial score (nSPS) is 21.1. The molecule has 0 heterocycles. The lowest BCUT2D eigenvalue weighted by Crippen LogP contribution is -2.28. The first kappa shape index (κ1) is 27.8. The third kappa shape index (κ3) is 8.41. The molecule has 0 spiro atoms. The molecule has 1 aliphatic carbocycles. The van der Waals surface area contributed by atoms with Gasteiger partial charge in [-0.2, -0.15) is 0 Å². The van der Waals surface area contributed by atoms with Crippen molar-refractivity contribution in [2.45, 2.75) is 64.3 Å². The van der Waals surface area contributed by atoms with Gasteiger partial charge in [0.2, 0.25) is 0 Å². The van der Waals surface area contributed by atoms with E-state index in [1.54, 1.807) is 54.6 Å². The molecule has 37 heavy (non-hydrogen) atoms. The molecule has 1 fully saturated rings. The molecule has 0 saturated heterocycles. The summed E-state index contributed by atoms with van der Waals surface area (Å²) < 4.78 is 16.7. The monoisotopic (exact) mass is 506 g/mol. The Morgan fingerprint density at radius 2 is 1.43 bits per heavy atom. The van der Waals surface area contributed by atoms with E-state index < -0.39 is 30.1 Å². The van der Waals surface area contributed by atoms with E-state index in [1.165, 1.54) is 0 Å². The molecule has 0 radical (unpaired) electrons. The molecule has 1 aliphatic rings. The van der Waals surface area contributed by atoms with Crippen molar-refractivity contribution in [1.29, 1.82) is 0 Å². The molecule has 4 atom stereocenters. The lowest BCUT2D eigenvalue weighted by Gasteiger charge is -2.21. The van der Waals surface area contributed by atoms with Crippen LogP contribution in [0.3, 0.4) is 0 Å². The van der Waals surface area contributed by atoms with E-state index in [0.717, 1.165) is 6.29 Å². The zero-order valence-electron chi connectivity index (χ0n) is 21.3. The van der Waals surface area contributed by atoms with Gasteiger partial charge in [-0.05, 0) is 57.4 Å². The van der Waals surface area contributed by atoms with Crippen LogP contribution in [0.4, 0.5) is 0 Å². The minimum atomic E-state index is -0.706. The van der Waals surface area contributed by atoms with Crippen LogP contribution < -0.4 is 0 Å². The lowest BCUT2D eigenvalue weighted by molar-refractivity contribution is -0.147. The highest BCUT2D eigenvalue weighted by Gasteiger charge is 2.46. The van der Waals surface area contributed by atoms with Crippen LogP contribution in [0.25, 0.3) is 0 Å². The average molecular weight is 507 g/mol. The fourth-order valence-corrected chi connectivity index (χ4v) is 4.46. The van der Waals surface area contributed by atoms with Crippen molar-refractivity contribution in [3.05, 3.63) is 83.9 Å². The summed E-state index contributed by atoms with van der Waals surface area (Å²) in [7, 11) is 0. The number of allylic oxidation sites excluding steroid dienone is 2. The highest BCUT2D eigenvalue weighted by atomic mass is 16.6. The minimum absolute atomic E-state index is 0.134. The molecular weight excluding hydrogens is 472 g/mol. The molecule has 0 bridgehead atoms. The second-order valence-electron chi connectivity index (χ2n) is 9.37. The molecule has 0 aromatic heterocycles. The maximum absolute atomic E-state index is 12.8. The molecule has 0 unspecified atom stereocenters. The second-order valence-corrected chi connectivity index (χ2v) is 9.37. The Kier molecular flexibility index (Phi) is 10.6. The highest BCUT2D eigenvalue weighted by Crippen LogP contribution is 2.38. The summed E-state index contributed by atoms with van der Waals surface area (Å²) in [5.74, 6) is -2.19. The van der Waals surface area contributed by atoms with E-state index in [9.17, 15) is 19.2 Å². The van der Waals surface area contributed by atoms with Crippen LogP contribution in [0, 0.1) is 11.8 Å².